The van der Waals surface area contributed by atoms with E-state index in [1.807, 2.05) is 0 Å². The Kier molecular flexibility index (Phi) is 4.55. The van der Waals surface area contributed by atoms with Crippen molar-refractivity contribution in [1.29, 1.82) is 0 Å². The van der Waals surface area contributed by atoms with Crippen LogP contribution in [0.5, 0.6) is 0 Å². The molecule has 1 aromatic rings. The van der Waals surface area contributed by atoms with E-state index >= 15 is 0 Å². The number of hydrogen-bond acceptors (Lipinski definition) is 1. The predicted octanol–water partition coefficient (Wildman–Crippen LogP) is 3.86. The highest BCUT2D eigenvalue weighted by Gasteiger charge is 2.24. The summed E-state index contributed by atoms with van der Waals surface area (Å²) in [5, 5.41) is 0. The number of nitrogens with two attached hydrogens (primary N) is 1. The lowest BCUT2D eigenvalue weighted by atomic mass is 9.82. The average molecular weight is 219 g/mol. The molecule has 0 saturated heterocycles. The summed E-state index contributed by atoms with van der Waals surface area (Å²) in [6.45, 7) is 8.68. The van der Waals surface area contributed by atoms with Crippen LogP contribution in [0.2, 0.25) is 0 Å². The highest BCUT2D eigenvalue weighted by Crippen LogP contribution is 2.26. The van der Waals surface area contributed by atoms with E-state index in [0.717, 1.165) is 0 Å². The van der Waals surface area contributed by atoms with Gasteiger partial charge in [-0.15, -0.1) is 0 Å². The Morgan fingerprint density at radius 2 is 1.75 bits per heavy atom. The van der Waals surface area contributed by atoms with Crippen LogP contribution in [-0.4, -0.2) is 0 Å². The minimum atomic E-state index is -0.219. The molecule has 0 heterocycles. The molecule has 0 amide bonds. The third-order valence-electron chi connectivity index (χ3n) is 3.59. The Hall–Kier alpha value is -0.820. The second-order valence-corrected chi connectivity index (χ2v) is 5.24. The average Bonchev–Trinajstić information content (AvgIpc) is 2.26. The second-order valence-electron chi connectivity index (χ2n) is 5.24. The molecule has 1 aromatic carbocycles. The summed E-state index contributed by atoms with van der Waals surface area (Å²) in [5.41, 5.74) is 8.77. The summed E-state index contributed by atoms with van der Waals surface area (Å²) in [7, 11) is 0. The molecule has 1 atom stereocenters. The van der Waals surface area contributed by atoms with Crippen LogP contribution in [0.15, 0.2) is 24.3 Å². The van der Waals surface area contributed by atoms with E-state index in [0.29, 0.717) is 5.92 Å². The normalized spacial score (nSPS) is 15.1. The Balaban J connectivity index is 2.78. The van der Waals surface area contributed by atoms with Gasteiger partial charge in [0.2, 0.25) is 0 Å². The molecule has 16 heavy (non-hydrogen) atoms. The molecule has 1 unspecified atom stereocenters. The van der Waals surface area contributed by atoms with E-state index in [1.54, 1.807) is 0 Å². The van der Waals surface area contributed by atoms with Crippen molar-refractivity contribution in [2.45, 2.75) is 52.5 Å². The van der Waals surface area contributed by atoms with Crippen LogP contribution in [0.1, 0.15) is 51.7 Å². The van der Waals surface area contributed by atoms with E-state index in [1.165, 1.54) is 30.4 Å². The maximum atomic E-state index is 6.33. The number of unbranched alkanes of at least 4 members (excludes halogenated alkanes) is 1. The van der Waals surface area contributed by atoms with E-state index < -0.39 is 0 Å². The molecule has 0 spiro atoms. The smallest absolute Gasteiger partial charge is 0.0404 e. The van der Waals surface area contributed by atoms with Crippen molar-refractivity contribution in [2.75, 3.05) is 0 Å². The zero-order valence-corrected chi connectivity index (χ0v) is 11.1. The quantitative estimate of drug-likeness (QED) is 0.799. The highest BCUT2D eigenvalue weighted by molar-refractivity contribution is 5.28. The lowest BCUT2D eigenvalue weighted by Gasteiger charge is -2.29. The molecular formula is C15H25N. The molecule has 0 aliphatic carbocycles. The summed E-state index contributed by atoms with van der Waals surface area (Å²) in [6.07, 6.45) is 3.70. The van der Waals surface area contributed by atoms with Crippen LogP contribution in [0, 0.1) is 5.92 Å². The minimum Gasteiger partial charge on any atom is -0.321 e. The van der Waals surface area contributed by atoms with Crippen molar-refractivity contribution in [3.05, 3.63) is 35.4 Å². The van der Waals surface area contributed by atoms with Crippen LogP contribution >= 0.6 is 0 Å². The summed E-state index contributed by atoms with van der Waals surface area (Å²) in [4.78, 5) is 0. The Morgan fingerprint density at radius 1 is 1.19 bits per heavy atom. The molecule has 1 rings (SSSR count). The number of aryl methyl sites for hydroxylation is 1. The van der Waals surface area contributed by atoms with Crippen LogP contribution in [-0.2, 0) is 12.0 Å². The van der Waals surface area contributed by atoms with Crippen molar-refractivity contribution in [3.63, 3.8) is 0 Å². The predicted molar refractivity (Wildman–Crippen MR) is 71.4 cm³/mol. The van der Waals surface area contributed by atoms with Gasteiger partial charge in [0.1, 0.15) is 0 Å². The number of hydrogen-bond donors (Lipinski definition) is 1. The van der Waals surface area contributed by atoms with Crippen LogP contribution in [0.3, 0.4) is 0 Å². The summed E-state index contributed by atoms with van der Waals surface area (Å²) < 4.78 is 0. The molecule has 0 aliphatic rings. The molecule has 0 saturated carbocycles. The standard InChI is InChI=1S/C15H25N/c1-5-6-7-13-8-10-14(11-9-13)15(4,16)12(2)3/h8-12H,5-7,16H2,1-4H3. The lowest BCUT2D eigenvalue weighted by molar-refractivity contribution is 0.350. The molecule has 0 fully saturated rings. The molecule has 2 N–H and O–H groups in total. The molecule has 0 radical (unpaired) electrons. The first-order valence-corrected chi connectivity index (χ1v) is 6.36. The second kappa shape index (κ2) is 5.49. The van der Waals surface area contributed by atoms with E-state index in [-0.39, 0.29) is 5.54 Å². The van der Waals surface area contributed by atoms with Gasteiger partial charge in [-0.1, -0.05) is 51.5 Å². The SMILES string of the molecule is CCCCc1ccc(C(C)(N)C(C)C)cc1. The molecule has 0 aliphatic heterocycles. The molecule has 1 nitrogen and oxygen atoms in total. The number of rotatable bonds is 5. The van der Waals surface area contributed by atoms with Gasteiger partial charge >= 0.3 is 0 Å². The maximum absolute atomic E-state index is 6.33. The first-order chi connectivity index (χ1) is 7.48. The van der Waals surface area contributed by atoms with Gasteiger partial charge in [0.25, 0.3) is 0 Å². The monoisotopic (exact) mass is 219 g/mol. The van der Waals surface area contributed by atoms with Crippen molar-refractivity contribution in [2.24, 2.45) is 11.7 Å². The lowest BCUT2D eigenvalue weighted by Crippen LogP contribution is -2.38. The first-order valence-electron chi connectivity index (χ1n) is 6.36. The Bertz CT molecular complexity index is 309. The Labute approximate surface area is 100 Å². The fraction of sp³-hybridized carbons (Fsp3) is 0.600. The highest BCUT2D eigenvalue weighted by atomic mass is 14.7. The minimum absolute atomic E-state index is 0.219. The van der Waals surface area contributed by atoms with Gasteiger partial charge < -0.3 is 5.73 Å². The third-order valence-corrected chi connectivity index (χ3v) is 3.59. The molecule has 90 valence electrons. The third kappa shape index (κ3) is 3.08. The van der Waals surface area contributed by atoms with Gasteiger partial charge in [0.05, 0.1) is 0 Å². The van der Waals surface area contributed by atoms with Crippen LogP contribution in [0.4, 0.5) is 0 Å². The zero-order chi connectivity index (χ0) is 12.2. The van der Waals surface area contributed by atoms with Crippen molar-refractivity contribution >= 4 is 0 Å². The fourth-order valence-corrected chi connectivity index (χ4v) is 1.74. The van der Waals surface area contributed by atoms with Crippen molar-refractivity contribution in [1.82, 2.24) is 0 Å². The molecule has 1 heteroatoms. The van der Waals surface area contributed by atoms with Crippen molar-refractivity contribution < 1.29 is 0 Å². The maximum Gasteiger partial charge on any atom is 0.0404 e. The van der Waals surface area contributed by atoms with Crippen LogP contribution < -0.4 is 5.73 Å². The van der Waals surface area contributed by atoms with Gasteiger partial charge in [-0.3, -0.25) is 0 Å². The van der Waals surface area contributed by atoms with Gasteiger partial charge in [0, 0.05) is 5.54 Å². The van der Waals surface area contributed by atoms with Gasteiger partial charge in [-0.2, -0.15) is 0 Å². The molecule has 0 bridgehead atoms. The van der Waals surface area contributed by atoms with E-state index in [2.05, 4.69) is 52.0 Å². The molecule has 0 aromatic heterocycles. The topological polar surface area (TPSA) is 26.0 Å². The van der Waals surface area contributed by atoms with E-state index in [4.69, 9.17) is 5.73 Å². The van der Waals surface area contributed by atoms with Gasteiger partial charge in [-0.05, 0) is 36.8 Å². The summed E-state index contributed by atoms with van der Waals surface area (Å²) in [6, 6.07) is 8.81. The Morgan fingerprint density at radius 3 is 2.19 bits per heavy atom. The van der Waals surface area contributed by atoms with Crippen LogP contribution in [0.25, 0.3) is 0 Å². The zero-order valence-electron chi connectivity index (χ0n) is 11.1. The first kappa shape index (κ1) is 13.2. The number of benzene rings is 1. The molecular weight excluding hydrogens is 194 g/mol. The van der Waals surface area contributed by atoms with Crippen molar-refractivity contribution in [3.8, 4) is 0 Å². The van der Waals surface area contributed by atoms with Gasteiger partial charge in [0.15, 0.2) is 0 Å². The van der Waals surface area contributed by atoms with E-state index in [9.17, 15) is 0 Å². The largest absolute Gasteiger partial charge is 0.321 e. The summed E-state index contributed by atoms with van der Waals surface area (Å²) in [5.74, 6) is 0.453. The fourth-order valence-electron chi connectivity index (χ4n) is 1.74. The van der Waals surface area contributed by atoms with Gasteiger partial charge in [-0.25, -0.2) is 0 Å². The summed E-state index contributed by atoms with van der Waals surface area (Å²) >= 11 is 0.